The number of nitrogens with zero attached hydrogens (tertiary/aromatic N) is 4. The number of aliphatic imine (C=N–C) groups is 1. The van der Waals surface area contributed by atoms with Crippen molar-refractivity contribution in [3.05, 3.63) is 59.8 Å². The number of guanidine groups is 1. The average Bonchev–Trinajstić information content (AvgIpc) is 2.82. The zero-order valence-electron chi connectivity index (χ0n) is 20.2. The first-order chi connectivity index (χ1) is 16.1. The Morgan fingerprint density at radius 3 is 2.71 bits per heavy atom. The molecule has 2 fully saturated rings. The van der Waals surface area contributed by atoms with Crippen LogP contribution >= 0.6 is 24.0 Å². The highest BCUT2D eigenvalue weighted by molar-refractivity contribution is 14.0. The Morgan fingerprint density at radius 2 is 1.94 bits per heavy atom. The summed E-state index contributed by atoms with van der Waals surface area (Å²) in [7, 11) is 1.83. The van der Waals surface area contributed by atoms with Crippen LogP contribution in [0.3, 0.4) is 0 Å². The molecule has 2 saturated heterocycles. The minimum atomic E-state index is -0.0430. The molecule has 2 N–H and O–H groups in total. The van der Waals surface area contributed by atoms with Gasteiger partial charge in [-0.1, -0.05) is 36.4 Å². The van der Waals surface area contributed by atoms with Gasteiger partial charge in [-0.25, -0.2) is 4.98 Å². The van der Waals surface area contributed by atoms with E-state index in [1.807, 2.05) is 32.2 Å². The minimum Gasteiger partial charge on any atom is -0.356 e. The third kappa shape index (κ3) is 7.15. The number of hydrogen-bond acceptors (Lipinski definition) is 4. The molecule has 0 aliphatic carbocycles. The van der Waals surface area contributed by atoms with Crippen molar-refractivity contribution in [2.45, 2.75) is 45.2 Å². The molecule has 7 nitrogen and oxygen atoms in total. The third-order valence-electron chi connectivity index (χ3n) is 6.71. The number of fused-ring (bicyclic) bond motifs is 1. The number of anilines is 1. The molecule has 34 heavy (non-hydrogen) atoms. The molecule has 0 spiro atoms. The molecular weight excluding hydrogens is 539 g/mol. The van der Waals surface area contributed by atoms with E-state index < -0.39 is 0 Å². The van der Waals surface area contributed by atoms with E-state index in [1.165, 1.54) is 24.9 Å². The number of aromatic nitrogens is 1. The van der Waals surface area contributed by atoms with Crippen LogP contribution in [-0.4, -0.2) is 65.9 Å². The first-order valence-electron chi connectivity index (χ1n) is 12.1. The molecule has 184 valence electrons. The fourth-order valence-corrected chi connectivity index (χ4v) is 5.15. The van der Waals surface area contributed by atoms with Gasteiger partial charge in [-0.3, -0.25) is 14.7 Å². The standard InChI is InChI=1S/C26H36N6O.HI/c1-20-8-6-12-24(29-20)30-25(33)13-15-28-26(27-2)32-17-14-23-22(19-32)11-7-16-31(23)18-21-9-4-3-5-10-21;/h3-6,8-10,12,22-23H,7,11,13-19H2,1-2H3,(H,27,28)(H,29,30,33);1H. The van der Waals surface area contributed by atoms with Crippen LogP contribution < -0.4 is 10.6 Å². The van der Waals surface area contributed by atoms with Crippen LogP contribution in [0, 0.1) is 12.8 Å². The Hall–Kier alpha value is -2.20. The van der Waals surface area contributed by atoms with Gasteiger partial charge in [0.1, 0.15) is 5.82 Å². The lowest BCUT2D eigenvalue weighted by molar-refractivity contribution is -0.116. The molecular formula is C26H37IN6O. The van der Waals surface area contributed by atoms with Crippen molar-refractivity contribution in [1.82, 2.24) is 20.1 Å². The first kappa shape index (κ1) is 26.4. The molecule has 2 aromatic rings. The van der Waals surface area contributed by atoms with Gasteiger partial charge < -0.3 is 15.5 Å². The number of aryl methyl sites for hydroxylation is 1. The lowest BCUT2D eigenvalue weighted by Crippen LogP contribution is -2.56. The van der Waals surface area contributed by atoms with Gasteiger partial charge in [0.2, 0.25) is 5.91 Å². The summed E-state index contributed by atoms with van der Waals surface area (Å²) in [5.74, 6) is 2.11. The van der Waals surface area contributed by atoms with E-state index in [4.69, 9.17) is 0 Å². The van der Waals surface area contributed by atoms with Crippen molar-refractivity contribution in [3.8, 4) is 0 Å². The number of benzene rings is 1. The maximum atomic E-state index is 12.3. The number of hydrogen-bond donors (Lipinski definition) is 2. The van der Waals surface area contributed by atoms with Crippen LogP contribution in [0.1, 0.15) is 36.9 Å². The Bertz CT molecular complexity index is 953. The van der Waals surface area contributed by atoms with E-state index in [-0.39, 0.29) is 29.9 Å². The van der Waals surface area contributed by atoms with Crippen LogP contribution in [0.5, 0.6) is 0 Å². The van der Waals surface area contributed by atoms with Crippen molar-refractivity contribution in [3.63, 3.8) is 0 Å². The van der Waals surface area contributed by atoms with Gasteiger partial charge in [0.05, 0.1) is 0 Å². The largest absolute Gasteiger partial charge is 0.356 e. The summed E-state index contributed by atoms with van der Waals surface area (Å²) in [6.07, 6.45) is 4.05. The summed E-state index contributed by atoms with van der Waals surface area (Å²) >= 11 is 0. The van der Waals surface area contributed by atoms with Gasteiger partial charge in [-0.05, 0) is 56.3 Å². The number of amides is 1. The van der Waals surface area contributed by atoms with Crippen molar-refractivity contribution in [2.75, 3.05) is 38.5 Å². The van der Waals surface area contributed by atoms with E-state index in [2.05, 4.69) is 60.7 Å². The van der Waals surface area contributed by atoms with Crippen LogP contribution in [-0.2, 0) is 11.3 Å². The molecule has 4 rings (SSSR count). The Balaban J connectivity index is 0.00000324. The van der Waals surface area contributed by atoms with Gasteiger partial charge in [0.15, 0.2) is 5.96 Å². The molecule has 2 unspecified atom stereocenters. The summed E-state index contributed by atoms with van der Waals surface area (Å²) in [4.78, 5) is 26.2. The topological polar surface area (TPSA) is 72.9 Å². The number of carbonyl (C=O) groups excluding carboxylic acids is 1. The van der Waals surface area contributed by atoms with Crippen LogP contribution in [0.4, 0.5) is 5.82 Å². The molecule has 2 aliphatic rings. The van der Waals surface area contributed by atoms with E-state index in [1.54, 1.807) is 0 Å². The second kappa shape index (κ2) is 13.0. The second-order valence-corrected chi connectivity index (χ2v) is 9.10. The molecule has 0 saturated carbocycles. The first-order valence-corrected chi connectivity index (χ1v) is 12.1. The summed E-state index contributed by atoms with van der Waals surface area (Å²) in [6, 6.07) is 17.1. The Kier molecular flexibility index (Phi) is 10.1. The lowest BCUT2D eigenvalue weighted by atomic mass is 9.83. The molecule has 0 radical (unpaired) electrons. The maximum Gasteiger partial charge on any atom is 0.227 e. The number of likely N-dealkylation sites (tertiary alicyclic amines) is 2. The van der Waals surface area contributed by atoms with Crippen molar-refractivity contribution in [2.24, 2.45) is 10.9 Å². The number of rotatable bonds is 6. The van der Waals surface area contributed by atoms with Crippen LogP contribution in [0.15, 0.2) is 53.5 Å². The molecule has 2 aliphatic heterocycles. The van der Waals surface area contributed by atoms with Gasteiger partial charge in [0.25, 0.3) is 0 Å². The molecule has 0 bridgehead atoms. The highest BCUT2D eigenvalue weighted by Crippen LogP contribution is 2.31. The molecule has 1 amide bonds. The quantitative estimate of drug-likeness (QED) is 0.310. The van der Waals surface area contributed by atoms with Crippen LogP contribution in [0.25, 0.3) is 0 Å². The summed E-state index contributed by atoms with van der Waals surface area (Å²) in [6.45, 7) is 6.71. The van der Waals surface area contributed by atoms with Gasteiger partial charge in [-0.2, -0.15) is 0 Å². The molecule has 3 heterocycles. The molecule has 1 aromatic carbocycles. The Morgan fingerprint density at radius 1 is 1.12 bits per heavy atom. The van der Waals surface area contributed by atoms with Crippen molar-refractivity contribution < 1.29 is 4.79 Å². The number of pyridine rings is 1. The highest BCUT2D eigenvalue weighted by atomic mass is 127. The van der Waals surface area contributed by atoms with E-state index >= 15 is 0 Å². The van der Waals surface area contributed by atoms with Crippen molar-refractivity contribution in [1.29, 1.82) is 0 Å². The van der Waals surface area contributed by atoms with Crippen LogP contribution in [0.2, 0.25) is 0 Å². The summed E-state index contributed by atoms with van der Waals surface area (Å²) in [5, 5.41) is 6.26. The average molecular weight is 577 g/mol. The van der Waals surface area contributed by atoms with Gasteiger partial charge in [0, 0.05) is 51.4 Å². The number of carbonyl (C=O) groups is 1. The number of nitrogens with one attached hydrogen (secondary N) is 2. The van der Waals surface area contributed by atoms with E-state index in [0.717, 1.165) is 37.7 Å². The second-order valence-electron chi connectivity index (χ2n) is 9.10. The third-order valence-corrected chi connectivity index (χ3v) is 6.71. The summed E-state index contributed by atoms with van der Waals surface area (Å²) in [5.41, 5.74) is 2.29. The lowest BCUT2D eigenvalue weighted by Gasteiger charge is -2.48. The minimum absolute atomic E-state index is 0. The maximum absolute atomic E-state index is 12.3. The molecule has 2 atom stereocenters. The highest BCUT2D eigenvalue weighted by Gasteiger charge is 2.36. The predicted molar refractivity (Wildman–Crippen MR) is 149 cm³/mol. The fraction of sp³-hybridized carbons (Fsp3) is 0.500. The molecule has 1 aromatic heterocycles. The van der Waals surface area contributed by atoms with Gasteiger partial charge >= 0.3 is 0 Å². The van der Waals surface area contributed by atoms with Crippen molar-refractivity contribution >= 4 is 41.7 Å². The summed E-state index contributed by atoms with van der Waals surface area (Å²) < 4.78 is 0. The smallest absolute Gasteiger partial charge is 0.227 e. The SMILES string of the molecule is CN=C(NCCC(=O)Nc1cccc(C)n1)N1CCC2C(CCCN2Cc2ccccc2)C1.I. The normalized spacial score (nSPS) is 20.8. The van der Waals surface area contributed by atoms with Gasteiger partial charge in [-0.15, -0.1) is 24.0 Å². The number of halogens is 1. The van der Waals surface area contributed by atoms with E-state index in [9.17, 15) is 4.79 Å². The zero-order chi connectivity index (χ0) is 23.0. The number of piperidine rings is 2. The van der Waals surface area contributed by atoms with E-state index in [0.29, 0.717) is 30.7 Å². The predicted octanol–water partition coefficient (Wildman–Crippen LogP) is 3.90. The monoisotopic (exact) mass is 576 g/mol. The Labute approximate surface area is 220 Å². The fourth-order valence-electron chi connectivity index (χ4n) is 5.15. The molecule has 8 heteroatoms. The zero-order valence-corrected chi connectivity index (χ0v) is 22.6.